The number of aryl methyl sites for hydroxylation is 1. The van der Waals surface area contributed by atoms with Crippen molar-refractivity contribution in [3.05, 3.63) is 11.9 Å². The Hall–Kier alpha value is -1.52. The fraction of sp³-hybridized carbons (Fsp3) is 0.733. The maximum atomic E-state index is 12.4. The molecule has 0 saturated heterocycles. The van der Waals surface area contributed by atoms with Gasteiger partial charge in [0.2, 0.25) is 5.95 Å². The van der Waals surface area contributed by atoms with Gasteiger partial charge >= 0.3 is 0 Å². The molecule has 1 aliphatic heterocycles. The number of carbonyl (C=O) groups is 1. The number of fused-ring (bicyclic) bond motifs is 1. The van der Waals surface area contributed by atoms with Crippen LogP contribution in [0, 0.1) is 11.8 Å². The second kappa shape index (κ2) is 5.46. The fourth-order valence-electron chi connectivity index (χ4n) is 3.31. The summed E-state index contributed by atoms with van der Waals surface area (Å²) in [4.78, 5) is 16.8. The normalized spacial score (nSPS) is 29.4. The molecular formula is C15H24N4O. The van der Waals surface area contributed by atoms with Crippen molar-refractivity contribution in [2.24, 2.45) is 11.8 Å². The van der Waals surface area contributed by atoms with Crippen molar-refractivity contribution in [2.45, 2.75) is 52.1 Å². The zero-order valence-corrected chi connectivity index (χ0v) is 12.4. The van der Waals surface area contributed by atoms with Crippen molar-refractivity contribution in [1.82, 2.24) is 14.9 Å². The van der Waals surface area contributed by atoms with Crippen molar-refractivity contribution in [2.75, 3.05) is 11.9 Å². The Labute approximate surface area is 120 Å². The van der Waals surface area contributed by atoms with Crippen LogP contribution in [0.15, 0.2) is 6.20 Å². The first kappa shape index (κ1) is 13.5. The van der Waals surface area contributed by atoms with Crippen LogP contribution < -0.4 is 10.6 Å². The molecule has 1 aromatic heterocycles. The monoisotopic (exact) mass is 276 g/mol. The molecule has 3 unspecified atom stereocenters. The number of nitrogens with one attached hydrogen (secondary N) is 2. The number of hydrogen-bond acceptors (Lipinski definition) is 3. The third-order valence-corrected chi connectivity index (χ3v) is 4.89. The SMILES string of the molecule is CC1CCCC(NC(=O)c2cn3c(n2)NCCC3)C1C. The lowest BCUT2D eigenvalue weighted by Crippen LogP contribution is -2.43. The highest BCUT2D eigenvalue weighted by molar-refractivity contribution is 5.92. The van der Waals surface area contributed by atoms with E-state index in [1.807, 2.05) is 10.8 Å². The number of nitrogens with zero attached hydrogens (tertiary/aromatic N) is 2. The molecule has 1 aromatic rings. The van der Waals surface area contributed by atoms with E-state index in [2.05, 4.69) is 29.5 Å². The first-order chi connectivity index (χ1) is 9.65. The zero-order valence-electron chi connectivity index (χ0n) is 12.4. The highest BCUT2D eigenvalue weighted by Crippen LogP contribution is 2.29. The van der Waals surface area contributed by atoms with Gasteiger partial charge in [0.25, 0.3) is 5.91 Å². The van der Waals surface area contributed by atoms with Gasteiger partial charge in [-0.15, -0.1) is 0 Å². The van der Waals surface area contributed by atoms with Gasteiger partial charge in [0, 0.05) is 25.3 Å². The molecule has 1 aliphatic carbocycles. The molecule has 110 valence electrons. The summed E-state index contributed by atoms with van der Waals surface area (Å²) < 4.78 is 2.03. The summed E-state index contributed by atoms with van der Waals surface area (Å²) in [5, 5.41) is 6.41. The minimum Gasteiger partial charge on any atom is -0.356 e. The molecule has 0 bridgehead atoms. The summed E-state index contributed by atoms with van der Waals surface area (Å²) >= 11 is 0. The lowest BCUT2D eigenvalue weighted by atomic mass is 9.78. The molecule has 5 heteroatoms. The third-order valence-electron chi connectivity index (χ3n) is 4.89. The van der Waals surface area contributed by atoms with Gasteiger partial charge in [0.1, 0.15) is 5.69 Å². The predicted octanol–water partition coefficient (Wildman–Crippen LogP) is 2.25. The minimum absolute atomic E-state index is 0.0281. The van der Waals surface area contributed by atoms with Gasteiger partial charge in [-0.2, -0.15) is 0 Å². The number of aromatic nitrogens is 2. The Balaban J connectivity index is 1.68. The van der Waals surface area contributed by atoms with Gasteiger partial charge < -0.3 is 15.2 Å². The minimum atomic E-state index is -0.0281. The molecular weight excluding hydrogens is 252 g/mol. The van der Waals surface area contributed by atoms with E-state index >= 15 is 0 Å². The summed E-state index contributed by atoms with van der Waals surface area (Å²) in [6.45, 7) is 6.41. The number of anilines is 1. The van der Waals surface area contributed by atoms with Crippen LogP contribution in [-0.2, 0) is 6.54 Å². The number of rotatable bonds is 2. The van der Waals surface area contributed by atoms with Gasteiger partial charge in [-0.1, -0.05) is 26.7 Å². The van der Waals surface area contributed by atoms with E-state index in [0.717, 1.165) is 31.9 Å². The van der Waals surface area contributed by atoms with Crippen molar-refractivity contribution >= 4 is 11.9 Å². The van der Waals surface area contributed by atoms with Crippen LogP contribution in [0.3, 0.4) is 0 Å². The van der Waals surface area contributed by atoms with Crippen molar-refractivity contribution in [3.8, 4) is 0 Å². The Bertz CT molecular complexity index is 473. The Morgan fingerprint density at radius 2 is 2.25 bits per heavy atom. The van der Waals surface area contributed by atoms with E-state index in [0.29, 0.717) is 17.5 Å². The van der Waals surface area contributed by atoms with Crippen LogP contribution in [-0.4, -0.2) is 28.0 Å². The lowest BCUT2D eigenvalue weighted by Gasteiger charge is -2.34. The second-order valence-electron chi connectivity index (χ2n) is 6.27. The van der Waals surface area contributed by atoms with Crippen LogP contribution in [0.25, 0.3) is 0 Å². The van der Waals surface area contributed by atoms with Crippen LogP contribution in [0.2, 0.25) is 0 Å². The summed E-state index contributed by atoms with van der Waals surface area (Å²) in [6, 6.07) is 0.290. The molecule has 2 heterocycles. The predicted molar refractivity (Wildman–Crippen MR) is 78.8 cm³/mol. The van der Waals surface area contributed by atoms with Gasteiger partial charge in [0.05, 0.1) is 0 Å². The summed E-state index contributed by atoms with van der Waals surface area (Å²) in [6.07, 6.45) is 6.52. The Morgan fingerprint density at radius 3 is 3.05 bits per heavy atom. The summed E-state index contributed by atoms with van der Waals surface area (Å²) in [5.74, 6) is 2.03. The molecule has 2 aliphatic rings. The highest BCUT2D eigenvalue weighted by atomic mass is 16.2. The molecule has 20 heavy (non-hydrogen) atoms. The summed E-state index contributed by atoms with van der Waals surface area (Å²) in [5.41, 5.74) is 0.542. The van der Waals surface area contributed by atoms with E-state index in [4.69, 9.17) is 0 Å². The maximum absolute atomic E-state index is 12.4. The van der Waals surface area contributed by atoms with E-state index in [1.165, 1.54) is 12.8 Å². The van der Waals surface area contributed by atoms with Crippen molar-refractivity contribution in [3.63, 3.8) is 0 Å². The Morgan fingerprint density at radius 1 is 1.40 bits per heavy atom. The number of imidazole rings is 1. The molecule has 0 spiro atoms. The highest BCUT2D eigenvalue weighted by Gasteiger charge is 2.29. The van der Waals surface area contributed by atoms with Gasteiger partial charge in [-0.25, -0.2) is 4.98 Å². The topological polar surface area (TPSA) is 59.0 Å². The molecule has 1 amide bonds. The third kappa shape index (κ3) is 2.53. The second-order valence-corrected chi connectivity index (χ2v) is 6.27. The molecule has 3 rings (SSSR count). The van der Waals surface area contributed by atoms with Gasteiger partial charge in [-0.3, -0.25) is 4.79 Å². The maximum Gasteiger partial charge on any atom is 0.271 e. The number of carbonyl (C=O) groups excluding carboxylic acids is 1. The van der Waals surface area contributed by atoms with Gasteiger partial charge in [-0.05, 0) is 24.7 Å². The standard InChI is InChI=1S/C15H24N4O/c1-10-5-3-6-12(11(10)2)17-14(20)13-9-19-8-4-7-16-15(19)18-13/h9-12H,3-8H2,1-2H3,(H,16,18)(H,17,20). The molecule has 5 nitrogen and oxygen atoms in total. The molecule has 0 radical (unpaired) electrons. The first-order valence-electron chi connectivity index (χ1n) is 7.77. The largest absolute Gasteiger partial charge is 0.356 e. The average Bonchev–Trinajstić information content (AvgIpc) is 2.88. The van der Waals surface area contributed by atoms with Crippen molar-refractivity contribution in [1.29, 1.82) is 0 Å². The van der Waals surface area contributed by atoms with Gasteiger partial charge in [0.15, 0.2) is 0 Å². The van der Waals surface area contributed by atoms with E-state index in [1.54, 1.807) is 0 Å². The van der Waals surface area contributed by atoms with E-state index < -0.39 is 0 Å². The number of amides is 1. The van der Waals surface area contributed by atoms with Crippen LogP contribution in [0.5, 0.6) is 0 Å². The molecule has 3 atom stereocenters. The van der Waals surface area contributed by atoms with Crippen LogP contribution in [0.4, 0.5) is 5.95 Å². The fourth-order valence-corrected chi connectivity index (χ4v) is 3.31. The molecule has 2 N–H and O–H groups in total. The lowest BCUT2D eigenvalue weighted by molar-refractivity contribution is 0.0886. The Kier molecular flexibility index (Phi) is 3.68. The molecule has 1 fully saturated rings. The molecule has 1 saturated carbocycles. The quantitative estimate of drug-likeness (QED) is 0.871. The van der Waals surface area contributed by atoms with Crippen molar-refractivity contribution < 1.29 is 4.79 Å². The van der Waals surface area contributed by atoms with E-state index in [9.17, 15) is 4.79 Å². The summed E-state index contributed by atoms with van der Waals surface area (Å²) in [7, 11) is 0. The number of hydrogen-bond donors (Lipinski definition) is 2. The van der Waals surface area contributed by atoms with E-state index in [-0.39, 0.29) is 11.9 Å². The molecule has 0 aromatic carbocycles. The smallest absolute Gasteiger partial charge is 0.271 e. The first-order valence-corrected chi connectivity index (χ1v) is 7.77. The van der Waals surface area contributed by atoms with Crippen LogP contribution >= 0.6 is 0 Å². The average molecular weight is 276 g/mol. The zero-order chi connectivity index (χ0) is 14.1. The van der Waals surface area contributed by atoms with Crippen LogP contribution in [0.1, 0.15) is 50.0 Å².